The number of piperidine rings is 2. The highest BCUT2D eigenvalue weighted by molar-refractivity contribution is 14.1. The van der Waals surface area contributed by atoms with Crippen molar-refractivity contribution in [1.82, 2.24) is 15.5 Å². The smallest absolute Gasteiger partial charge is 0.227 e. The molecule has 1 aliphatic carbocycles. The monoisotopic (exact) mass is 457 g/mol. The molecule has 1 saturated carbocycles. The lowest BCUT2D eigenvalue weighted by Gasteiger charge is -2.46. The maximum atomic E-state index is 13.2. The second kappa shape index (κ2) is 6.83. The highest BCUT2D eigenvalue weighted by Crippen LogP contribution is 2.50. The summed E-state index contributed by atoms with van der Waals surface area (Å²) in [6, 6.07) is 0.212. The molecule has 0 aromatic carbocycles. The number of hydrogen-bond donors (Lipinski definition) is 2. The summed E-state index contributed by atoms with van der Waals surface area (Å²) < 4.78 is 0.450. The molecule has 0 aromatic heterocycles. The zero-order chi connectivity index (χ0) is 17.6. The summed E-state index contributed by atoms with van der Waals surface area (Å²) >= 11 is 2.58. The first-order chi connectivity index (χ1) is 12.0. The van der Waals surface area contributed by atoms with E-state index in [4.69, 9.17) is 0 Å². The van der Waals surface area contributed by atoms with Crippen LogP contribution < -0.4 is 10.6 Å². The van der Waals surface area contributed by atoms with E-state index in [1.807, 2.05) is 4.90 Å². The van der Waals surface area contributed by atoms with Gasteiger partial charge >= 0.3 is 0 Å². The van der Waals surface area contributed by atoms with E-state index < -0.39 is 0 Å². The largest absolute Gasteiger partial charge is 0.332 e. The topological polar surface area (TPSA) is 61.4 Å². The summed E-state index contributed by atoms with van der Waals surface area (Å²) in [4.78, 5) is 26.8. The maximum Gasteiger partial charge on any atom is 0.227 e. The number of fused-ring (bicyclic) bond motifs is 1. The molecule has 6 heteroatoms. The van der Waals surface area contributed by atoms with E-state index in [0.717, 1.165) is 13.0 Å². The number of halogens is 1. The average Bonchev–Trinajstić information content (AvgIpc) is 2.75. The molecule has 5 nitrogen and oxygen atoms in total. The summed E-state index contributed by atoms with van der Waals surface area (Å²) in [5.74, 6) is 0.384. The number of amides is 2. The van der Waals surface area contributed by atoms with Crippen molar-refractivity contribution in [2.24, 2.45) is 11.3 Å². The molecule has 0 aromatic rings. The van der Waals surface area contributed by atoms with Crippen LogP contribution in [0.25, 0.3) is 0 Å². The van der Waals surface area contributed by atoms with Crippen molar-refractivity contribution in [3.05, 3.63) is 12.3 Å². The molecule has 0 radical (unpaired) electrons. The Morgan fingerprint density at radius 2 is 1.88 bits per heavy atom. The Morgan fingerprint density at radius 3 is 2.56 bits per heavy atom. The fourth-order valence-electron chi connectivity index (χ4n) is 5.40. The van der Waals surface area contributed by atoms with E-state index in [1.165, 1.54) is 38.5 Å². The van der Waals surface area contributed by atoms with Crippen molar-refractivity contribution in [2.45, 2.75) is 73.9 Å². The van der Waals surface area contributed by atoms with Crippen LogP contribution in [-0.4, -0.2) is 39.4 Å². The van der Waals surface area contributed by atoms with Gasteiger partial charge in [0.15, 0.2) is 0 Å². The van der Waals surface area contributed by atoms with E-state index in [1.54, 1.807) is 0 Å². The quantitative estimate of drug-likeness (QED) is 0.362. The zero-order valence-corrected chi connectivity index (χ0v) is 16.9. The van der Waals surface area contributed by atoms with Gasteiger partial charge in [-0.1, -0.05) is 54.9 Å². The molecule has 3 aliphatic heterocycles. The Hall–Kier alpha value is -0.630. The number of rotatable bonds is 1. The lowest BCUT2D eigenvalue weighted by Crippen LogP contribution is -2.55. The number of carbonyl (C=O) groups excluding carboxylic acids is 2. The third-order valence-electron chi connectivity index (χ3n) is 6.83. The molecule has 4 aliphatic rings. The van der Waals surface area contributed by atoms with Gasteiger partial charge in [0.2, 0.25) is 11.8 Å². The second-order valence-corrected chi connectivity index (χ2v) is 9.59. The SMILES string of the molecule is C=C1NC(=O)CCC1N1CC2NC(I)C3(CCCCCC3)CC2C1=O. The van der Waals surface area contributed by atoms with E-state index in [2.05, 4.69) is 39.8 Å². The first-order valence-corrected chi connectivity index (χ1v) is 10.9. The molecule has 4 rings (SSSR count). The molecule has 1 spiro atoms. The first kappa shape index (κ1) is 17.8. The van der Waals surface area contributed by atoms with Crippen molar-refractivity contribution >= 4 is 34.4 Å². The highest BCUT2D eigenvalue weighted by Gasteiger charge is 2.54. The van der Waals surface area contributed by atoms with Crippen molar-refractivity contribution < 1.29 is 9.59 Å². The summed E-state index contributed by atoms with van der Waals surface area (Å²) in [5.41, 5.74) is 0.972. The van der Waals surface area contributed by atoms with Crippen LogP contribution >= 0.6 is 22.6 Å². The minimum absolute atomic E-state index is 0.0215. The Bertz CT molecular complexity index is 585. The Balaban J connectivity index is 1.52. The first-order valence-electron chi connectivity index (χ1n) is 9.69. The molecule has 138 valence electrons. The molecule has 25 heavy (non-hydrogen) atoms. The molecular weight excluding hydrogens is 429 g/mol. The molecule has 2 amide bonds. The number of carbonyl (C=O) groups is 2. The molecule has 4 fully saturated rings. The van der Waals surface area contributed by atoms with Crippen LogP contribution in [0, 0.1) is 11.3 Å². The molecule has 2 N–H and O–H groups in total. The Morgan fingerprint density at radius 1 is 1.16 bits per heavy atom. The predicted molar refractivity (Wildman–Crippen MR) is 105 cm³/mol. The number of nitrogens with zero attached hydrogens (tertiary/aromatic N) is 1. The van der Waals surface area contributed by atoms with Crippen LogP contribution in [0.2, 0.25) is 0 Å². The number of alkyl halides is 1. The van der Waals surface area contributed by atoms with Gasteiger partial charge in [0.05, 0.1) is 16.0 Å². The molecule has 3 heterocycles. The van der Waals surface area contributed by atoms with Gasteiger partial charge in [-0.15, -0.1) is 0 Å². The summed E-state index contributed by atoms with van der Waals surface area (Å²) in [7, 11) is 0. The number of likely N-dealkylation sites (tertiary alicyclic amines) is 1. The lowest BCUT2D eigenvalue weighted by molar-refractivity contribution is -0.135. The normalized spacial score (nSPS) is 38.4. The predicted octanol–water partition coefficient (Wildman–Crippen LogP) is 2.70. The van der Waals surface area contributed by atoms with Crippen LogP contribution in [0.1, 0.15) is 57.8 Å². The summed E-state index contributed by atoms with van der Waals surface area (Å²) in [5, 5.41) is 6.63. The molecular formula is C19H28IN3O2. The van der Waals surface area contributed by atoms with Gasteiger partial charge in [0.25, 0.3) is 0 Å². The van der Waals surface area contributed by atoms with Gasteiger partial charge in [0, 0.05) is 24.7 Å². The minimum atomic E-state index is -0.0321. The van der Waals surface area contributed by atoms with Crippen molar-refractivity contribution in [2.75, 3.05) is 6.54 Å². The van der Waals surface area contributed by atoms with Crippen LogP contribution in [0.3, 0.4) is 0 Å². The number of nitrogens with one attached hydrogen (secondary N) is 2. The standard InChI is InChI=1S/C19H28IN3O2/c1-12-15(6-7-16(24)21-12)23-11-14-13(17(23)25)10-19(18(20)22-14)8-4-2-3-5-9-19/h13-15,18,22H,1-11H2,(H,21,24). The van der Waals surface area contributed by atoms with Crippen LogP contribution in [-0.2, 0) is 9.59 Å². The van der Waals surface area contributed by atoms with E-state index in [9.17, 15) is 9.59 Å². The zero-order valence-electron chi connectivity index (χ0n) is 14.7. The fraction of sp³-hybridized carbons (Fsp3) is 0.789. The third kappa shape index (κ3) is 3.13. The third-order valence-corrected chi connectivity index (χ3v) is 8.51. The minimum Gasteiger partial charge on any atom is -0.332 e. The molecule has 3 saturated heterocycles. The summed E-state index contributed by atoms with van der Waals surface area (Å²) in [6.45, 7) is 4.75. The maximum absolute atomic E-state index is 13.2. The van der Waals surface area contributed by atoms with Gasteiger partial charge in [-0.25, -0.2) is 0 Å². The second-order valence-electron chi connectivity index (χ2n) is 8.34. The van der Waals surface area contributed by atoms with Crippen LogP contribution in [0.15, 0.2) is 12.3 Å². The van der Waals surface area contributed by atoms with E-state index >= 15 is 0 Å². The molecule has 0 bridgehead atoms. The van der Waals surface area contributed by atoms with Gasteiger partial charge in [-0.3, -0.25) is 14.9 Å². The van der Waals surface area contributed by atoms with Crippen molar-refractivity contribution in [3.63, 3.8) is 0 Å². The Labute approximate surface area is 163 Å². The average molecular weight is 457 g/mol. The van der Waals surface area contributed by atoms with Crippen LogP contribution in [0.4, 0.5) is 0 Å². The highest BCUT2D eigenvalue weighted by atomic mass is 127. The van der Waals surface area contributed by atoms with Crippen LogP contribution in [0.5, 0.6) is 0 Å². The van der Waals surface area contributed by atoms with Gasteiger partial charge in [-0.2, -0.15) is 0 Å². The number of hydrogen-bond acceptors (Lipinski definition) is 3. The van der Waals surface area contributed by atoms with Gasteiger partial charge in [0.1, 0.15) is 0 Å². The van der Waals surface area contributed by atoms with E-state index in [0.29, 0.717) is 22.6 Å². The molecule has 4 unspecified atom stereocenters. The van der Waals surface area contributed by atoms with Crippen molar-refractivity contribution in [3.8, 4) is 0 Å². The van der Waals surface area contributed by atoms with Gasteiger partial charge in [-0.05, 0) is 31.1 Å². The van der Waals surface area contributed by atoms with Crippen molar-refractivity contribution in [1.29, 1.82) is 0 Å². The van der Waals surface area contributed by atoms with Gasteiger partial charge < -0.3 is 10.2 Å². The van der Waals surface area contributed by atoms with E-state index in [-0.39, 0.29) is 35.2 Å². The fourth-order valence-corrected chi connectivity index (χ4v) is 6.74. The lowest BCUT2D eigenvalue weighted by atomic mass is 9.69. The Kier molecular flexibility index (Phi) is 4.86. The summed E-state index contributed by atoms with van der Waals surface area (Å²) in [6.07, 6.45) is 9.96. The molecule has 4 atom stereocenters.